The van der Waals surface area contributed by atoms with Crippen LogP contribution >= 0.6 is 0 Å². The van der Waals surface area contributed by atoms with E-state index in [-0.39, 0.29) is 16.9 Å². The fourth-order valence-corrected chi connectivity index (χ4v) is 3.80. The first-order valence-electron chi connectivity index (χ1n) is 9.23. The Morgan fingerprint density at radius 1 is 1.15 bits per heavy atom. The van der Waals surface area contributed by atoms with Gasteiger partial charge in [-0.25, -0.2) is 0 Å². The summed E-state index contributed by atoms with van der Waals surface area (Å²) in [6.07, 6.45) is 0.878. The van der Waals surface area contributed by atoms with Crippen molar-refractivity contribution < 1.29 is 4.79 Å². The van der Waals surface area contributed by atoms with Gasteiger partial charge in [-0.05, 0) is 31.0 Å². The Morgan fingerprint density at radius 2 is 1.89 bits per heavy atom. The summed E-state index contributed by atoms with van der Waals surface area (Å²) in [5.41, 5.74) is 1.80. The first kappa shape index (κ1) is 17.5. The van der Waals surface area contributed by atoms with Crippen LogP contribution in [0.3, 0.4) is 0 Å². The highest BCUT2D eigenvalue weighted by molar-refractivity contribution is 5.95. The fourth-order valence-electron chi connectivity index (χ4n) is 3.80. The summed E-state index contributed by atoms with van der Waals surface area (Å²) in [7, 11) is 0. The van der Waals surface area contributed by atoms with Crippen LogP contribution in [0.1, 0.15) is 29.4 Å². The van der Waals surface area contributed by atoms with Crippen molar-refractivity contribution in [3.63, 3.8) is 0 Å². The number of pyridine rings is 1. The molecule has 0 bridgehead atoms. The van der Waals surface area contributed by atoms with Gasteiger partial charge < -0.3 is 10.3 Å². The third-order valence-electron chi connectivity index (χ3n) is 5.20. The van der Waals surface area contributed by atoms with Crippen LogP contribution in [0.2, 0.25) is 0 Å². The minimum absolute atomic E-state index is 0.142. The van der Waals surface area contributed by atoms with Crippen LogP contribution in [-0.4, -0.2) is 34.4 Å². The minimum Gasteiger partial charge on any atom is -0.350 e. The molecule has 3 aromatic rings. The van der Waals surface area contributed by atoms with Crippen LogP contribution in [0.15, 0.2) is 65.5 Å². The first-order valence-corrected chi connectivity index (χ1v) is 9.23. The zero-order chi connectivity index (χ0) is 18.9. The standard InChI is InChI=1S/C22H23N3O2/c1-22(11-12-25(15-22)14-16-7-3-2-4-8-16)24-21(27)19-13-20(26)17-9-5-6-10-18(17)23-19/h2-10,13H,11-12,14-15H2,1H3,(H,23,26)(H,24,27). The van der Waals surface area contributed by atoms with Crippen molar-refractivity contribution in [2.75, 3.05) is 13.1 Å². The molecule has 2 N–H and O–H groups in total. The van der Waals surface area contributed by atoms with Crippen LogP contribution < -0.4 is 10.7 Å². The maximum Gasteiger partial charge on any atom is 0.268 e. The predicted molar refractivity (Wildman–Crippen MR) is 107 cm³/mol. The molecule has 0 saturated carbocycles. The third-order valence-corrected chi connectivity index (χ3v) is 5.20. The summed E-state index contributed by atoms with van der Waals surface area (Å²) in [4.78, 5) is 30.5. The van der Waals surface area contributed by atoms with E-state index in [2.05, 4.69) is 34.3 Å². The molecule has 1 aromatic heterocycles. The average Bonchev–Trinajstić information content (AvgIpc) is 3.02. The van der Waals surface area contributed by atoms with Gasteiger partial charge in [0.2, 0.25) is 0 Å². The molecule has 5 nitrogen and oxygen atoms in total. The van der Waals surface area contributed by atoms with Crippen molar-refractivity contribution in [1.82, 2.24) is 15.2 Å². The van der Waals surface area contributed by atoms with Gasteiger partial charge in [-0.15, -0.1) is 0 Å². The fraction of sp³-hybridized carbons (Fsp3) is 0.273. The molecular formula is C22H23N3O2. The molecule has 4 rings (SSSR count). The number of carbonyl (C=O) groups excluding carboxylic acids is 1. The average molecular weight is 361 g/mol. The summed E-state index contributed by atoms with van der Waals surface area (Å²) in [6.45, 7) is 4.65. The highest BCUT2D eigenvalue weighted by Gasteiger charge is 2.35. The van der Waals surface area contributed by atoms with Crippen molar-refractivity contribution in [3.05, 3.63) is 82.1 Å². The number of likely N-dealkylation sites (tertiary alicyclic amines) is 1. The summed E-state index contributed by atoms with van der Waals surface area (Å²) in [5.74, 6) is -0.234. The Kier molecular flexibility index (Phi) is 4.54. The Labute approximate surface area is 158 Å². The van der Waals surface area contributed by atoms with Crippen molar-refractivity contribution in [2.24, 2.45) is 0 Å². The van der Waals surface area contributed by atoms with Crippen molar-refractivity contribution in [3.8, 4) is 0 Å². The van der Waals surface area contributed by atoms with Gasteiger partial charge in [0.05, 0.1) is 5.54 Å². The molecule has 2 aromatic carbocycles. The zero-order valence-corrected chi connectivity index (χ0v) is 15.4. The number of nitrogens with one attached hydrogen (secondary N) is 2. The third kappa shape index (κ3) is 3.78. The second kappa shape index (κ2) is 7.00. The maximum absolute atomic E-state index is 12.8. The van der Waals surface area contributed by atoms with Crippen LogP contribution in [-0.2, 0) is 6.54 Å². The maximum atomic E-state index is 12.8. The molecule has 0 radical (unpaired) electrons. The van der Waals surface area contributed by atoms with Gasteiger partial charge >= 0.3 is 0 Å². The highest BCUT2D eigenvalue weighted by atomic mass is 16.2. The monoisotopic (exact) mass is 361 g/mol. The second-order valence-corrected chi connectivity index (χ2v) is 7.55. The molecule has 1 fully saturated rings. The summed E-state index contributed by atoms with van der Waals surface area (Å²) < 4.78 is 0. The number of para-hydroxylation sites is 1. The van der Waals surface area contributed by atoms with Gasteiger partial charge in [-0.2, -0.15) is 0 Å². The summed E-state index contributed by atoms with van der Waals surface area (Å²) >= 11 is 0. The van der Waals surface area contributed by atoms with E-state index < -0.39 is 0 Å². The molecule has 138 valence electrons. The Balaban J connectivity index is 1.47. The van der Waals surface area contributed by atoms with Crippen LogP contribution in [0.25, 0.3) is 10.9 Å². The predicted octanol–water partition coefficient (Wildman–Crippen LogP) is 2.92. The molecular weight excluding hydrogens is 338 g/mol. The number of rotatable bonds is 4. The summed E-state index contributed by atoms with van der Waals surface area (Å²) in [5, 5.41) is 3.72. The van der Waals surface area contributed by atoms with Gasteiger partial charge in [0.25, 0.3) is 5.91 Å². The smallest absolute Gasteiger partial charge is 0.268 e. The number of aromatic nitrogens is 1. The molecule has 1 amide bonds. The molecule has 5 heteroatoms. The second-order valence-electron chi connectivity index (χ2n) is 7.55. The lowest BCUT2D eigenvalue weighted by molar-refractivity contribution is 0.0902. The van der Waals surface area contributed by atoms with E-state index >= 15 is 0 Å². The number of hydrogen-bond donors (Lipinski definition) is 2. The lowest BCUT2D eigenvalue weighted by Gasteiger charge is -2.26. The minimum atomic E-state index is -0.311. The number of fused-ring (bicyclic) bond motifs is 1. The molecule has 1 aliphatic rings. The van der Waals surface area contributed by atoms with Gasteiger partial charge in [-0.1, -0.05) is 42.5 Å². The molecule has 1 saturated heterocycles. The Morgan fingerprint density at radius 3 is 2.70 bits per heavy atom. The van der Waals surface area contributed by atoms with Gasteiger partial charge in [0.15, 0.2) is 5.43 Å². The lowest BCUT2D eigenvalue weighted by atomic mass is 10.0. The van der Waals surface area contributed by atoms with Gasteiger partial charge in [0, 0.05) is 36.6 Å². The Bertz CT molecular complexity index is 1030. The van der Waals surface area contributed by atoms with E-state index in [1.807, 2.05) is 36.4 Å². The molecule has 0 spiro atoms. The van der Waals surface area contributed by atoms with Crippen LogP contribution in [0.4, 0.5) is 0 Å². The molecule has 2 heterocycles. The van der Waals surface area contributed by atoms with E-state index in [0.717, 1.165) is 26.1 Å². The van der Waals surface area contributed by atoms with Gasteiger partial charge in [0.1, 0.15) is 5.69 Å². The number of aromatic amines is 1. The SMILES string of the molecule is CC1(NC(=O)c2cc(=O)c3ccccc3[nH]2)CCN(Cc2ccccc2)C1. The van der Waals surface area contributed by atoms with Crippen molar-refractivity contribution in [2.45, 2.75) is 25.4 Å². The lowest BCUT2D eigenvalue weighted by Crippen LogP contribution is -2.48. The number of benzene rings is 2. The number of amides is 1. The first-order chi connectivity index (χ1) is 13.0. The number of H-pyrrole nitrogens is 1. The van der Waals surface area contributed by atoms with Crippen LogP contribution in [0, 0.1) is 0 Å². The quantitative estimate of drug-likeness (QED) is 0.751. The van der Waals surface area contributed by atoms with E-state index in [0.29, 0.717) is 16.6 Å². The van der Waals surface area contributed by atoms with E-state index in [1.54, 1.807) is 6.07 Å². The number of carbonyl (C=O) groups is 1. The van der Waals surface area contributed by atoms with Crippen molar-refractivity contribution in [1.29, 1.82) is 0 Å². The normalized spacial score (nSPS) is 20.0. The largest absolute Gasteiger partial charge is 0.350 e. The van der Waals surface area contributed by atoms with Crippen LogP contribution in [0.5, 0.6) is 0 Å². The van der Waals surface area contributed by atoms with E-state index in [1.165, 1.54) is 11.6 Å². The molecule has 1 aliphatic heterocycles. The zero-order valence-electron chi connectivity index (χ0n) is 15.4. The topological polar surface area (TPSA) is 65.2 Å². The van der Waals surface area contributed by atoms with E-state index in [9.17, 15) is 9.59 Å². The number of hydrogen-bond acceptors (Lipinski definition) is 3. The molecule has 27 heavy (non-hydrogen) atoms. The van der Waals surface area contributed by atoms with E-state index in [4.69, 9.17) is 0 Å². The molecule has 1 atom stereocenters. The number of nitrogens with zero attached hydrogens (tertiary/aromatic N) is 1. The Hall–Kier alpha value is -2.92. The van der Waals surface area contributed by atoms with Crippen molar-refractivity contribution >= 4 is 16.8 Å². The molecule has 0 aliphatic carbocycles. The highest BCUT2D eigenvalue weighted by Crippen LogP contribution is 2.23. The van der Waals surface area contributed by atoms with Gasteiger partial charge in [-0.3, -0.25) is 14.5 Å². The summed E-state index contributed by atoms with van der Waals surface area (Å²) in [6, 6.07) is 19.0. The molecule has 1 unspecified atom stereocenters.